The summed E-state index contributed by atoms with van der Waals surface area (Å²) in [7, 11) is 0. The third kappa shape index (κ3) is 3.38. The molecule has 8 heteroatoms. The minimum atomic E-state index is -0.973. The highest BCUT2D eigenvalue weighted by atomic mass is 16.7. The van der Waals surface area contributed by atoms with E-state index in [0.29, 0.717) is 23.8 Å². The lowest BCUT2D eigenvalue weighted by Crippen LogP contribution is -2.04. The Morgan fingerprint density at radius 1 is 1.00 bits per heavy atom. The molecule has 0 atom stereocenters. The van der Waals surface area contributed by atoms with Crippen LogP contribution in [0.25, 0.3) is 33.3 Å². The van der Waals surface area contributed by atoms with Gasteiger partial charge in [-0.25, -0.2) is 14.8 Å². The summed E-state index contributed by atoms with van der Waals surface area (Å²) in [5.74, 6) is 1.69. The van der Waals surface area contributed by atoms with Gasteiger partial charge in [0.25, 0.3) is 0 Å². The molecule has 33 heavy (non-hydrogen) atoms. The summed E-state index contributed by atoms with van der Waals surface area (Å²) in [6.07, 6.45) is 0. The molecule has 6 rings (SSSR count). The molecular weight excluding hydrogens is 420 g/mol. The molecule has 0 aliphatic carbocycles. The van der Waals surface area contributed by atoms with Crippen LogP contribution in [0.15, 0.2) is 66.7 Å². The van der Waals surface area contributed by atoms with Gasteiger partial charge < -0.3 is 24.9 Å². The molecule has 0 unspecified atom stereocenters. The normalized spacial score (nSPS) is 12.4. The van der Waals surface area contributed by atoms with Crippen LogP contribution in [0.1, 0.15) is 15.9 Å². The van der Waals surface area contributed by atoms with E-state index in [9.17, 15) is 9.90 Å². The number of anilines is 1. The summed E-state index contributed by atoms with van der Waals surface area (Å²) in [5, 5.41) is 14.6. The molecule has 2 aromatic heterocycles. The number of nitrogens with one attached hydrogen (secondary N) is 2. The first kappa shape index (κ1) is 19.1. The van der Waals surface area contributed by atoms with Crippen molar-refractivity contribution in [1.82, 2.24) is 15.0 Å². The Bertz CT molecular complexity index is 1530. The van der Waals surface area contributed by atoms with Crippen molar-refractivity contribution in [3.05, 3.63) is 77.9 Å². The summed E-state index contributed by atoms with van der Waals surface area (Å²) in [4.78, 5) is 24.1. The van der Waals surface area contributed by atoms with Crippen LogP contribution in [-0.4, -0.2) is 32.8 Å². The summed E-state index contributed by atoms with van der Waals surface area (Å²) in [5.41, 5.74) is 3.64. The topological polar surface area (TPSA) is 109 Å². The van der Waals surface area contributed by atoms with Crippen molar-refractivity contribution in [2.75, 3.05) is 12.1 Å². The fourth-order valence-corrected chi connectivity index (χ4v) is 4.00. The molecule has 0 spiro atoms. The Labute approximate surface area is 187 Å². The number of ether oxygens (including phenoxy) is 2. The number of hydrogen-bond donors (Lipinski definition) is 3. The van der Waals surface area contributed by atoms with E-state index in [2.05, 4.69) is 10.3 Å². The number of para-hydroxylation sites is 1. The first-order chi connectivity index (χ1) is 16.2. The van der Waals surface area contributed by atoms with Crippen LogP contribution in [0, 0.1) is 0 Å². The summed E-state index contributed by atoms with van der Waals surface area (Å²) >= 11 is 0. The first-order valence-corrected chi connectivity index (χ1v) is 10.4. The van der Waals surface area contributed by atoms with Crippen molar-refractivity contribution in [3.8, 4) is 22.9 Å². The number of carbonyl (C=O) groups is 1. The second-order valence-electron chi connectivity index (χ2n) is 7.71. The predicted octanol–water partition coefficient (Wildman–Crippen LogP) is 4.82. The van der Waals surface area contributed by atoms with E-state index >= 15 is 0 Å². The second-order valence-corrected chi connectivity index (χ2v) is 7.71. The number of benzene rings is 3. The molecule has 0 fully saturated rings. The number of aromatic nitrogens is 3. The number of H-pyrrole nitrogens is 1. The van der Waals surface area contributed by atoms with Gasteiger partial charge in [0.1, 0.15) is 11.5 Å². The largest absolute Gasteiger partial charge is 0.478 e. The molecule has 3 heterocycles. The maximum Gasteiger partial charge on any atom is 0.335 e. The zero-order valence-corrected chi connectivity index (χ0v) is 17.3. The Morgan fingerprint density at radius 2 is 1.82 bits per heavy atom. The lowest BCUT2D eigenvalue weighted by molar-refractivity contribution is 0.0697. The highest BCUT2D eigenvalue weighted by Crippen LogP contribution is 2.34. The van der Waals surface area contributed by atoms with Gasteiger partial charge in [0, 0.05) is 23.0 Å². The molecule has 1 aliphatic heterocycles. The fourth-order valence-electron chi connectivity index (χ4n) is 4.00. The maximum atomic E-state index is 11.2. The van der Waals surface area contributed by atoms with Crippen molar-refractivity contribution < 1.29 is 19.4 Å². The van der Waals surface area contributed by atoms with Crippen LogP contribution in [0.2, 0.25) is 0 Å². The molecule has 3 aromatic carbocycles. The first-order valence-electron chi connectivity index (χ1n) is 10.4. The quantitative estimate of drug-likeness (QED) is 0.361. The number of aromatic amines is 1. The van der Waals surface area contributed by atoms with Crippen LogP contribution in [0.3, 0.4) is 0 Å². The molecule has 0 saturated heterocycles. The summed E-state index contributed by atoms with van der Waals surface area (Å²) in [6.45, 7) is 0.762. The van der Waals surface area contributed by atoms with Gasteiger partial charge in [0.05, 0.1) is 10.9 Å². The average Bonchev–Trinajstić information content (AvgIpc) is 3.46. The van der Waals surface area contributed by atoms with Crippen molar-refractivity contribution in [2.45, 2.75) is 6.54 Å². The Morgan fingerprint density at radius 3 is 2.67 bits per heavy atom. The third-order valence-electron chi connectivity index (χ3n) is 5.65. The van der Waals surface area contributed by atoms with E-state index in [1.807, 2.05) is 42.5 Å². The molecule has 0 bridgehead atoms. The van der Waals surface area contributed by atoms with Crippen LogP contribution in [0.5, 0.6) is 11.5 Å². The number of rotatable bonds is 5. The molecular formula is C25H18N4O4. The van der Waals surface area contributed by atoms with Gasteiger partial charge in [-0.15, -0.1) is 0 Å². The molecule has 0 saturated carbocycles. The number of hydrogen-bond acceptors (Lipinski definition) is 6. The van der Waals surface area contributed by atoms with Gasteiger partial charge in [-0.2, -0.15) is 0 Å². The molecule has 3 N–H and O–H groups in total. The minimum absolute atomic E-state index is 0.214. The van der Waals surface area contributed by atoms with E-state index in [4.69, 9.17) is 19.4 Å². The standard InChI is InChI=1S/C25H18N4O4/c30-25(31)16-8-6-15(7-9-16)22-28-23(21-17-3-1-2-4-18(17)27-24(21)29-22)26-12-14-5-10-19-20(11-14)33-13-32-19/h1-11H,12-13H2,(H,30,31)(H2,26,27,28,29). The number of fused-ring (bicyclic) bond motifs is 4. The second kappa shape index (κ2) is 7.52. The average molecular weight is 438 g/mol. The van der Waals surface area contributed by atoms with Crippen molar-refractivity contribution in [2.24, 2.45) is 0 Å². The Hall–Kier alpha value is -4.59. The SMILES string of the molecule is O=C(O)c1ccc(-c2nc(NCc3ccc4c(c3)OCO4)c3c(n2)[nH]c2ccccc23)cc1. The molecule has 162 valence electrons. The molecule has 0 amide bonds. The predicted molar refractivity (Wildman–Crippen MR) is 124 cm³/mol. The molecule has 0 radical (unpaired) electrons. The van der Waals surface area contributed by atoms with Gasteiger partial charge in [0.15, 0.2) is 17.3 Å². The van der Waals surface area contributed by atoms with Crippen LogP contribution < -0.4 is 14.8 Å². The lowest BCUT2D eigenvalue weighted by Gasteiger charge is -2.10. The van der Waals surface area contributed by atoms with E-state index < -0.39 is 5.97 Å². The van der Waals surface area contributed by atoms with Crippen LogP contribution in [0.4, 0.5) is 5.82 Å². The fraction of sp³-hybridized carbons (Fsp3) is 0.0800. The highest BCUT2D eigenvalue weighted by Gasteiger charge is 2.17. The maximum absolute atomic E-state index is 11.2. The van der Waals surface area contributed by atoms with E-state index in [1.165, 1.54) is 0 Å². The number of aromatic carboxylic acids is 1. The smallest absolute Gasteiger partial charge is 0.335 e. The highest BCUT2D eigenvalue weighted by molar-refractivity contribution is 6.11. The minimum Gasteiger partial charge on any atom is -0.478 e. The van der Waals surface area contributed by atoms with E-state index in [0.717, 1.165) is 38.9 Å². The number of nitrogens with zero attached hydrogens (tertiary/aromatic N) is 2. The third-order valence-corrected chi connectivity index (χ3v) is 5.65. The van der Waals surface area contributed by atoms with Crippen molar-refractivity contribution in [1.29, 1.82) is 0 Å². The molecule has 8 nitrogen and oxygen atoms in total. The van der Waals surface area contributed by atoms with Crippen LogP contribution >= 0.6 is 0 Å². The number of carboxylic acid groups (broad SMARTS) is 1. The van der Waals surface area contributed by atoms with Gasteiger partial charge in [-0.3, -0.25) is 0 Å². The number of carboxylic acids is 1. The Kier molecular flexibility index (Phi) is 4.36. The van der Waals surface area contributed by atoms with Crippen LogP contribution in [-0.2, 0) is 6.54 Å². The zero-order valence-electron chi connectivity index (χ0n) is 17.3. The van der Waals surface area contributed by atoms with Gasteiger partial charge in [-0.1, -0.05) is 36.4 Å². The zero-order chi connectivity index (χ0) is 22.4. The van der Waals surface area contributed by atoms with Crippen molar-refractivity contribution >= 4 is 33.7 Å². The van der Waals surface area contributed by atoms with Gasteiger partial charge >= 0.3 is 5.97 Å². The summed E-state index contributed by atoms with van der Waals surface area (Å²) < 4.78 is 10.9. The lowest BCUT2D eigenvalue weighted by atomic mass is 10.1. The van der Waals surface area contributed by atoms with E-state index in [1.54, 1.807) is 24.3 Å². The molecule has 5 aromatic rings. The molecule has 1 aliphatic rings. The van der Waals surface area contributed by atoms with Gasteiger partial charge in [-0.05, 0) is 35.9 Å². The van der Waals surface area contributed by atoms with E-state index in [-0.39, 0.29) is 12.4 Å². The summed E-state index contributed by atoms with van der Waals surface area (Å²) in [6, 6.07) is 20.4. The van der Waals surface area contributed by atoms with Crippen molar-refractivity contribution in [3.63, 3.8) is 0 Å². The monoisotopic (exact) mass is 438 g/mol. The van der Waals surface area contributed by atoms with Gasteiger partial charge in [0.2, 0.25) is 6.79 Å². The Balaban J connectivity index is 1.43.